The van der Waals surface area contributed by atoms with Gasteiger partial charge in [0, 0.05) is 5.16 Å². The molecule has 0 aliphatic carbocycles. The van der Waals surface area contributed by atoms with Crippen LogP contribution in [0.3, 0.4) is 0 Å². The zero-order chi connectivity index (χ0) is 15.3. The fourth-order valence-corrected chi connectivity index (χ4v) is 12.6. The number of likely N-dealkylation sites (tertiary alicyclic amines) is 1. The van der Waals surface area contributed by atoms with Gasteiger partial charge in [-0.2, -0.15) is 0 Å². The van der Waals surface area contributed by atoms with E-state index in [1.807, 2.05) is 0 Å². The minimum absolute atomic E-state index is 0.573. The molecule has 122 valence electrons. The molecule has 3 unspecified atom stereocenters. The molecule has 0 saturated carbocycles. The summed E-state index contributed by atoms with van der Waals surface area (Å²) in [6.07, 6.45) is 12.3. The van der Waals surface area contributed by atoms with E-state index in [0.717, 1.165) is 5.92 Å². The van der Waals surface area contributed by atoms with Gasteiger partial charge in [-0.05, 0) is 50.7 Å². The number of hydrogen-bond donors (Lipinski definition) is 0. The monoisotopic (exact) mass is 307 g/mol. The van der Waals surface area contributed by atoms with Crippen molar-refractivity contribution in [1.29, 1.82) is 0 Å². The number of piperidine rings is 1. The summed E-state index contributed by atoms with van der Waals surface area (Å²) in [5.74, 6) is 0.945. The van der Waals surface area contributed by atoms with Crippen LogP contribution >= 0.6 is 0 Å². The first kappa shape index (κ1) is 17.3. The van der Waals surface area contributed by atoms with Crippen LogP contribution in [-0.2, 0) is 0 Å². The molecule has 2 saturated heterocycles. The van der Waals surface area contributed by atoms with Crippen molar-refractivity contribution < 1.29 is 0 Å². The maximum Gasteiger partial charge on any atom is 0.0806 e. The first-order valence-corrected chi connectivity index (χ1v) is 12.2. The predicted octanol–water partition coefficient (Wildman–Crippen LogP) is 5.64. The quantitative estimate of drug-likeness (QED) is 0.454. The fourth-order valence-electron chi connectivity index (χ4n) is 6.07. The second-order valence-corrected chi connectivity index (χ2v) is 12.5. The van der Waals surface area contributed by atoms with Crippen LogP contribution in [0.2, 0.25) is 18.1 Å². The van der Waals surface area contributed by atoms with Gasteiger partial charge >= 0.3 is 0 Å². The van der Waals surface area contributed by atoms with Gasteiger partial charge in [-0.1, -0.05) is 58.2 Å². The summed E-state index contributed by atoms with van der Waals surface area (Å²) in [6.45, 7) is 14.4. The molecule has 0 spiro atoms. The Kier molecular flexibility index (Phi) is 6.13. The molecule has 0 aromatic carbocycles. The largest absolute Gasteiger partial charge is 0.300 e. The SMILES string of the molecule is C=CC[Si]1(CC)CCCC(CC)C1(CC)N1CCCCC1. The number of allylic oxidation sites excluding steroid dienone is 1. The van der Waals surface area contributed by atoms with E-state index in [0.29, 0.717) is 5.16 Å². The lowest BCUT2D eigenvalue weighted by Crippen LogP contribution is -2.72. The third kappa shape index (κ3) is 2.78. The van der Waals surface area contributed by atoms with Gasteiger partial charge in [0.25, 0.3) is 0 Å². The Bertz CT molecular complexity index is 336. The lowest BCUT2D eigenvalue weighted by atomic mass is 9.86. The van der Waals surface area contributed by atoms with Crippen LogP contribution in [0.5, 0.6) is 0 Å². The highest BCUT2D eigenvalue weighted by atomic mass is 28.3. The molecule has 0 aromatic heterocycles. The maximum atomic E-state index is 4.16. The molecule has 0 N–H and O–H groups in total. The highest BCUT2D eigenvalue weighted by molar-refractivity contribution is 6.83. The second-order valence-electron chi connectivity index (χ2n) is 7.45. The zero-order valence-corrected chi connectivity index (χ0v) is 15.8. The van der Waals surface area contributed by atoms with Gasteiger partial charge in [0.05, 0.1) is 8.07 Å². The first-order valence-electron chi connectivity index (χ1n) is 9.56. The molecule has 0 radical (unpaired) electrons. The van der Waals surface area contributed by atoms with Crippen molar-refractivity contribution in [3.8, 4) is 0 Å². The Morgan fingerprint density at radius 1 is 1.14 bits per heavy atom. The van der Waals surface area contributed by atoms with Crippen LogP contribution in [-0.4, -0.2) is 31.2 Å². The third-order valence-electron chi connectivity index (χ3n) is 6.97. The Labute approximate surface area is 134 Å². The summed E-state index contributed by atoms with van der Waals surface area (Å²) in [5.41, 5.74) is 0. The average Bonchev–Trinajstić information content (AvgIpc) is 2.55. The molecule has 0 bridgehead atoms. The fraction of sp³-hybridized carbons (Fsp3) is 0.895. The predicted molar refractivity (Wildman–Crippen MR) is 97.5 cm³/mol. The molecule has 2 rings (SSSR count). The zero-order valence-electron chi connectivity index (χ0n) is 14.8. The lowest BCUT2D eigenvalue weighted by Gasteiger charge is -2.62. The Hall–Kier alpha value is -0.0831. The summed E-state index contributed by atoms with van der Waals surface area (Å²) < 4.78 is 0. The van der Waals surface area contributed by atoms with Gasteiger partial charge in [0.1, 0.15) is 0 Å². The highest BCUT2D eigenvalue weighted by Crippen LogP contribution is 2.52. The average molecular weight is 308 g/mol. The van der Waals surface area contributed by atoms with Crippen LogP contribution in [0.25, 0.3) is 0 Å². The topological polar surface area (TPSA) is 3.24 Å². The van der Waals surface area contributed by atoms with E-state index >= 15 is 0 Å². The van der Waals surface area contributed by atoms with E-state index in [2.05, 4.69) is 38.3 Å². The van der Waals surface area contributed by atoms with Crippen LogP contribution in [0.4, 0.5) is 0 Å². The van der Waals surface area contributed by atoms with Crippen molar-refractivity contribution in [3.63, 3.8) is 0 Å². The molecule has 21 heavy (non-hydrogen) atoms. The lowest BCUT2D eigenvalue weighted by molar-refractivity contribution is 0.0534. The number of nitrogens with zero attached hydrogens (tertiary/aromatic N) is 1. The van der Waals surface area contributed by atoms with Gasteiger partial charge in [-0.15, -0.1) is 6.58 Å². The third-order valence-corrected chi connectivity index (χ3v) is 13.6. The summed E-state index contributed by atoms with van der Waals surface area (Å²) in [5, 5.41) is 0.573. The van der Waals surface area contributed by atoms with Gasteiger partial charge in [-0.3, -0.25) is 4.90 Å². The summed E-state index contributed by atoms with van der Waals surface area (Å²) in [6, 6.07) is 4.36. The van der Waals surface area contributed by atoms with Crippen LogP contribution in [0, 0.1) is 5.92 Å². The molecule has 3 atom stereocenters. The standard InChI is InChI=1S/C19H37NSi/c1-5-16-21(8-4)17-12-13-18(6-2)19(21,7-3)20-14-10-9-11-15-20/h5,18H,1,6-17H2,2-4H3. The van der Waals surface area contributed by atoms with Gasteiger partial charge in [0.2, 0.25) is 0 Å². The van der Waals surface area contributed by atoms with Crippen molar-refractivity contribution in [2.75, 3.05) is 13.1 Å². The van der Waals surface area contributed by atoms with Gasteiger partial charge < -0.3 is 0 Å². The van der Waals surface area contributed by atoms with Crippen LogP contribution in [0.1, 0.15) is 65.7 Å². The molecule has 0 amide bonds. The highest BCUT2D eigenvalue weighted by Gasteiger charge is 2.58. The molecule has 2 heterocycles. The summed E-state index contributed by atoms with van der Waals surface area (Å²) in [4.78, 5) is 3.00. The van der Waals surface area contributed by atoms with Crippen molar-refractivity contribution in [1.82, 2.24) is 4.90 Å². The van der Waals surface area contributed by atoms with Gasteiger partial charge in [-0.25, -0.2) is 0 Å². The summed E-state index contributed by atoms with van der Waals surface area (Å²) >= 11 is 0. The molecular formula is C19H37NSi. The van der Waals surface area contributed by atoms with Crippen LogP contribution in [0.15, 0.2) is 12.7 Å². The minimum atomic E-state index is -1.30. The van der Waals surface area contributed by atoms with E-state index in [-0.39, 0.29) is 0 Å². The van der Waals surface area contributed by atoms with Crippen molar-refractivity contribution >= 4 is 8.07 Å². The van der Waals surface area contributed by atoms with E-state index in [9.17, 15) is 0 Å². The molecule has 2 heteroatoms. The van der Waals surface area contributed by atoms with Crippen molar-refractivity contribution in [2.24, 2.45) is 5.92 Å². The summed E-state index contributed by atoms with van der Waals surface area (Å²) in [7, 11) is -1.30. The molecular weight excluding hydrogens is 270 g/mol. The number of rotatable bonds is 6. The van der Waals surface area contributed by atoms with E-state index in [4.69, 9.17) is 0 Å². The number of hydrogen-bond acceptors (Lipinski definition) is 1. The van der Waals surface area contributed by atoms with Crippen molar-refractivity contribution in [3.05, 3.63) is 12.7 Å². The Morgan fingerprint density at radius 2 is 1.86 bits per heavy atom. The molecule has 2 fully saturated rings. The Balaban J connectivity index is 2.46. The van der Waals surface area contributed by atoms with E-state index in [1.165, 1.54) is 70.1 Å². The molecule has 2 aliphatic rings. The van der Waals surface area contributed by atoms with Crippen molar-refractivity contribution in [2.45, 2.75) is 89.0 Å². The normalized spacial score (nSPS) is 38.3. The Morgan fingerprint density at radius 3 is 2.38 bits per heavy atom. The molecule has 1 nitrogen and oxygen atoms in total. The smallest absolute Gasteiger partial charge is 0.0806 e. The minimum Gasteiger partial charge on any atom is -0.300 e. The molecule has 2 aliphatic heterocycles. The maximum absolute atomic E-state index is 4.16. The molecule has 0 aromatic rings. The van der Waals surface area contributed by atoms with E-state index < -0.39 is 8.07 Å². The van der Waals surface area contributed by atoms with E-state index in [1.54, 1.807) is 6.04 Å². The first-order chi connectivity index (χ1) is 10.2. The van der Waals surface area contributed by atoms with Gasteiger partial charge in [0.15, 0.2) is 0 Å². The van der Waals surface area contributed by atoms with Crippen LogP contribution < -0.4 is 0 Å². The second kappa shape index (κ2) is 7.46.